The molecule has 0 N–H and O–H groups in total. The summed E-state index contributed by atoms with van der Waals surface area (Å²) in [4.78, 5) is 31.4. The molecule has 1 aliphatic heterocycles. The molecule has 0 spiro atoms. The highest BCUT2D eigenvalue weighted by molar-refractivity contribution is 8.00. The monoisotopic (exact) mass is 427 g/mol. The number of carbonyl (C=O) groups is 2. The van der Waals surface area contributed by atoms with E-state index >= 15 is 0 Å². The van der Waals surface area contributed by atoms with Crippen molar-refractivity contribution in [3.8, 4) is 6.07 Å². The van der Waals surface area contributed by atoms with Crippen LogP contribution < -0.4 is 4.90 Å². The number of fused-ring (bicyclic) bond motifs is 2. The van der Waals surface area contributed by atoms with Crippen molar-refractivity contribution in [3.63, 3.8) is 0 Å². The van der Waals surface area contributed by atoms with Gasteiger partial charge in [-0.15, -0.1) is 0 Å². The Morgan fingerprint density at radius 2 is 1.65 bits per heavy atom. The van der Waals surface area contributed by atoms with E-state index in [1.807, 2.05) is 36.4 Å². The molecule has 0 saturated carbocycles. The van der Waals surface area contributed by atoms with Crippen LogP contribution in [0.2, 0.25) is 0 Å². The normalized spacial score (nSPS) is 12.4. The molecule has 1 aromatic heterocycles. The summed E-state index contributed by atoms with van der Waals surface area (Å²) in [6, 6.07) is 19.6. The molecule has 1 aliphatic rings. The summed E-state index contributed by atoms with van der Waals surface area (Å²) in [5, 5.41) is 9.98. The quantitative estimate of drug-likeness (QED) is 0.432. The first-order valence-corrected chi connectivity index (χ1v) is 11.0. The van der Waals surface area contributed by atoms with E-state index in [0.717, 1.165) is 35.3 Å². The Morgan fingerprint density at radius 3 is 2.19 bits per heavy atom. The summed E-state index contributed by atoms with van der Waals surface area (Å²) in [6.45, 7) is 3.20. The van der Waals surface area contributed by atoms with Crippen LogP contribution in [0, 0.1) is 18.3 Å². The van der Waals surface area contributed by atoms with Crippen molar-refractivity contribution in [3.05, 3.63) is 82.5 Å². The maximum absolute atomic E-state index is 13.4. The molecular weight excluding hydrogens is 406 g/mol. The van der Waals surface area contributed by atoms with E-state index < -0.39 is 0 Å². The van der Waals surface area contributed by atoms with Gasteiger partial charge in [-0.2, -0.15) is 5.26 Å². The van der Waals surface area contributed by atoms with E-state index in [1.54, 1.807) is 17.9 Å². The number of anilines is 2. The van der Waals surface area contributed by atoms with E-state index in [-0.39, 0.29) is 17.4 Å². The highest BCUT2D eigenvalue weighted by atomic mass is 32.2. The van der Waals surface area contributed by atoms with Gasteiger partial charge in [0.15, 0.2) is 5.78 Å². The number of ketones is 1. The molecule has 0 unspecified atom stereocenters. The minimum atomic E-state index is -0.132. The number of benzene rings is 2. The second-order valence-electron chi connectivity index (χ2n) is 7.42. The van der Waals surface area contributed by atoms with Gasteiger partial charge in [0, 0.05) is 11.3 Å². The van der Waals surface area contributed by atoms with Gasteiger partial charge in [0.2, 0.25) is 5.91 Å². The van der Waals surface area contributed by atoms with Gasteiger partial charge < -0.3 is 0 Å². The lowest BCUT2D eigenvalue weighted by Gasteiger charge is -2.25. The second kappa shape index (κ2) is 8.75. The van der Waals surface area contributed by atoms with Gasteiger partial charge in [-0.3, -0.25) is 14.5 Å². The molecule has 0 aliphatic carbocycles. The molecule has 1 amide bonds. The maximum Gasteiger partial charge on any atom is 0.241 e. The van der Waals surface area contributed by atoms with Crippen LogP contribution in [0.5, 0.6) is 0 Å². The highest BCUT2D eigenvalue weighted by Gasteiger charge is 2.26. The molecule has 0 fully saturated rings. The number of rotatable bonds is 4. The number of hydrogen-bond donors (Lipinski definition) is 0. The zero-order valence-electron chi connectivity index (χ0n) is 17.4. The summed E-state index contributed by atoms with van der Waals surface area (Å²) in [5.74, 6) is -0.0823. The number of para-hydroxylation sites is 2. The summed E-state index contributed by atoms with van der Waals surface area (Å²) >= 11 is 1.23. The first-order valence-electron chi connectivity index (χ1n) is 10.0. The molecule has 31 heavy (non-hydrogen) atoms. The average molecular weight is 428 g/mol. The van der Waals surface area contributed by atoms with Crippen molar-refractivity contribution in [1.29, 1.82) is 5.26 Å². The molecule has 0 bridgehead atoms. The Morgan fingerprint density at radius 1 is 1.06 bits per heavy atom. The van der Waals surface area contributed by atoms with Gasteiger partial charge >= 0.3 is 0 Å². The number of amides is 1. The van der Waals surface area contributed by atoms with Gasteiger partial charge in [-0.05, 0) is 56.0 Å². The van der Waals surface area contributed by atoms with Gasteiger partial charge in [0.05, 0.1) is 22.7 Å². The van der Waals surface area contributed by atoms with Gasteiger partial charge in [0.25, 0.3) is 0 Å². The summed E-state index contributed by atoms with van der Waals surface area (Å²) in [6.07, 6.45) is 1.74. The molecule has 0 saturated heterocycles. The Balaban J connectivity index is 1.67. The predicted molar refractivity (Wildman–Crippen MR) is 122 cm³/mol. The first kappa shape index (κ1) is 20.8. The molecule has 6 heteroatoms. The lowest BCUT2D eigenvalue weighted by molar-refractivity contribution is -0.115. The van der Waals surface area contributed by atoms with Crippen LogP contribution in [0.3, 0.4) is 0 Å². The number of nitriles is 1. The van der Waals surface area contributed by atoms with Crippen molar-refractivity contribution in [2.24, 2.45) is 0 Å². The summed E-state index contributed by atoms with van der Waals surface area (Å²) in [5.41, 5.74) is 5.37. The number of aryl methyl sites for hydroxylation is 3. The van der Waals surface area contributed by atoms with Crippen LogP contribution in [0.4, 0.5) is 11.4 Å². The van der Waals surface area contributed by atoms with Crippen molar-refractivity contribution in [2.45, 2.75) is 31.7 Å². The van der Waals surface area contributed by atoms with Crippen LogP contribution in [0.1, 0.15) is 39.7 Å². The molecule has 0 atom stereocenters. The highest BCUT2D eigenvalue weighted by Crippen LogP contribution is 2.37. The fourth-order valence-electron chi connectivity index (χ4n) is 3.87. The third-order valence-corrected chi connectivity index (χ3v) is 6.36. The number of Topliss-reactive ketones (excluding diaryl/α,β-unsaturated/α-hetero) is 1. The summed E-state index contributed by atoms with van der Waals surface area (Å²) in [7, 11) is 0. The standard InChI is InChI=1S/C25H21N3O2S/c1-16-21(17(2)29)13-20(14-26)25(27-16)31-15-24(30)28-22-9-5-3-7-18(22)11-12-19-8-4-6-10-23(19)28/h3-10,13H,11-12,15H2,1-2H3. The number of pyridine rings is 1. The third kappa shape index (κ3) is 4.10. The van der Waals surface area contributed by atoms with Crippen molar-refractivity contribution in [2.75, 3.05) is 10.7 Å². The third-order valence-electron chi connectivity index (χ3n) is 5.39. The smallest absolute Gasteiger partial charge is 0.241 e. The van der Waals surface area contributed by atoms with E-state index in [9.17, 15) is 14.9 Å². The molecule has 0 radical (unpaired) electrons. The van der Waals surface area contributed by atoms with Crippen LogP contribution in [0.15, 0.2) is 59.6 Å². The molecule has 2 heterocycles. The lowest BCUT2D eigenvalue weighted by atomic mass is 10.0. The zero-order chi connectivity index (χ0) is 22.0. The van der Waals surface area contributed by atoms with E-state index in [1.165, 1.54) is 18.7 Å². The lowest BCUT2D eigenvalue weighted by Crippen LogP contribution is -2.28. The van der Waals surface area contributed by atoms with Crippen molar-refractivity contribution < 1.29 is 9.59 Å². The zero-order valence-corrected chi connectivity index (χ0v) is 18.2. The maximum atomic E-state index is 13.4. The topological polar surface area (TPSA) is 74.1 Å². The van der Waals surface area contributed by atoms with Crippen LogP contribution in [0.25, 0.3) is 0 Å². The van der Waals surface area contributed by atoms with Gasteiger partial charge in [0.1, 0.15) is 11.1 Å². The van der Waals surface area contributed by atoms with Crippen molar-refractivity contribution >= 4 is 34.8 Å². The largest absolute Gasteiger partial charge is 0.294 e. The molecular formula is C25H21N3O2S. The summed E-state index contributed by atoms with van der Waals surface area (Å²) < 4.78 is 0. The van der Waals surface area contributed by atoms with Gasteiger partial charge in [-0.1, -0.05) is 48.2 Å². The number of nitrogens with zero attached hydrogens (tertiary/aromatic N) is 3. The number of thioether (sulfide) groups is 1. The Bertz CT molecular complexity index is 1180. The Hall–Kier alpha value is -3.43. The fourth-order valence-corrected chi connectivity index (χ4v) is 4.72. The van der Waals surface area contributed by atoms with E-state index in [2.05, 4.69) is 23.2 Å². The number of carbonyl (C=O) groups excluding carboxylic acids is 2. The van der Waals surface area contributed by atoms with E-state index in [4.69, 9.17) is 0 Å². The Labute approximate surface area is 185 Å². The first-order chi connectivity index (χ1) is 15.0. The average Bonchev–Trinajstić information content (AvgIpc) is 2.94. The predicted octanol–water partition coefficient (Wildman–Crippen LogP) is 5.02. The van der Waals surface area contributed by atoms with Crippen LogP contribution in [-0.4, -0.2) is 22.4 Å². The minimum Gasteiger partial charge on any atom is -0.294 e. The second-order valence-corrected chi connectivity index (χ2v) is 8.38. The number of aromatic nitrogens is 1. The van der Waals surface area contributed by atoms with Crippen LogP contribution >= 0.6 is 11.8 Å². The molecule has 154 valence electrons. The van der Waals surface area contributed by atoms with Gasteiger partial charge in [-0.25, -0.2) is 4.98 Å². The SMILES string of the molecule is CC(=O)c1cc(C#N)c(SCC(=O)N2c3ccccc3CCc3ccccc32)nc1C. The number of hydrogen-bond acceptors (Lipinski definition) is 5. The molecule has 4 rings (SSSR count). The van der Waals surface area contributed by atoms with Crippen LogP contribution in [-0.2, 0) is 17.6 Å². The van der Waals surface area contributed by atoms with Crippen molar-refractivity contribution in [1.82, 2.24) is 4.98 Å². The van der Waals surface area contributed by atoms with E-state index in [0.29, 0.717) is 21.8 Å². The molecule has 2 aromatic carbocycles. The Kier molecular flexibility index (Phi) is 5.88. The molecule has 5 nitrogen and oxygen atoms in total. The fraction of sp³-hybridized carbons (Fsp3) is 0.200. The minimum absolute atomic E-state index is 0.0780. The molecule has 3 aromatic rings.